The van der Waals surface area contributed by atoms with Crippen molar-refractivity contribution < 1.29 is 9.90 Å². The minimum absolute atomic E-state index is 0.0309. The summed E-state index contributed by atoms with van der Waals surface area (Å²) in [5, 5.41) is 16.7. The second-order valence-corrected chi connectivity index (χ2v) is 4.92. The highest BCUT2D eigenvalue weighted by Gasteiger charge is 2.06. The molecule has 2 aromatic rings. The molecule has 0 saturated heterocycles. The van der Waals surface area contributed by atoms with Gasteiger partial charge in [0.15, 0.2) is 0 Å². The Balaban J connectivity index is 1.90. The highest BCUT2D eigenvalue weighted by molar-refractivity contribution is 5.83. The van der Waals surface area contributed by atoms with Crippen molar-refractivity contribution in [2.24, 2.45) is 0 Å². The molecule has 0 fully saturated rings. The van der Waals surface area contributed by atoms with Crippen LogP contribution in [0, 0.1) is 0 Å². The molecule has 0 radical (unpaired) electrons. The fraction of sp³-hybridized carbons (Fsp3) is 0.312. The van der Waals surface area contributed by atoms with Crippen LogP contribution in [0.5, 0.6) is 0 Å². The van der Waals surface area contributed by atoms with Crippen LogP contribution >= 0.6 is 0 Å². The van der Waals surface area contributed by atoms with E-state index in [0.717, 1.165) is 5.56 Å². The number of nitrogens with one attached hydrogen (secondary N) is 2. The number of aliphatic hydroxyl groups excluding tert-OH is 1. The summed E-state index contributed by atoms with van der Waals surface area (Å²) in [5.41, 5.74) is 1.06. The van der Waals surface area contributed by atoms with E-state index in [1.807, 2.05) is 25.1 Å². The van der Waals surface area contributed by atoms with Crippen molar-refractivity contribution in [3.8, 4) is 0 Å². The molecule has 2 aromatic carbocycles. The molecular weight excluding hydrogens is 252 g/mol. The van der Waals surface area contributed by atoms with Crippen LogP contribution in [0.4, 0.5) is 4.79 Å². The monoisotopic (exact) mass is 272 g/mol. The van der Waals surface area contributed by atoms with Crippen LogP contribution in [-0.2, 0) is 6.54 Å². The van der Waals surface area contributed by atoms with Gasteiger partial charge >= 0.3 is 6.03 Å². The standard InChI is InChI=1S/C16H20N2O2/c1-12(8-9-19)18-16(20)17-11-13-6-7-14-4-2-3-5-15(14)10-13/h2-7,10,12,19H,8-9,11H2,1H3,(H2,17,18,20)/t12-/m1/s1. The first kappa shape index (κ1) is 14.3. The molecule has 2 rings (SSSR count). The minimum Gasteiger partial charge on any atom is -0.396 e. The molecule has 1 atom stereocenters. The summed E-state index contributed by atoms with van der Waals surface area (Å²) in [7, 11) is 0. The van der Waals surface area contributed by atoms with Gasteiger partial charge in [-0.15, -0.1) is 0 Å². The molecule has 20 heavy (non-hydrogen) atoms. The minimum atomic E-state index is -0.209. The number of carbonyl (C=O) groups excluding carboxylic acids is 1. The first-order valence-corrected chi connectivity index (χ1v) is 6.82. The van der Waals surface area contributed by atoms with Gasteiger partial charge in [-0.05, 0) is 35.7 Å². The SMILES string of the molecule is C[C@H](CCO)NC(=O)NCc1ccc2ccccc2c1. The van der Waals surface area contributed by atoms with E-state index in [0.29, 0.717) is 13.0 Å². The van der Waals surface area contributed by atoms with Crippen molar-refractivity contribution in [3.05, 3.63) is 48.0 Å². The van der Waals surface area contributed by atoms with E-state index in [-0.39, 0.29) is 18.7 Å². The van der Waals surface area contributed by atoms with Gasteiger partial charge in [-0.25, -0.2) is 4.79 Å². The predicted octanol–water partition coefficient (Wildman–Crippen LogP) is 2.41. The van der Waals surface area contributed by atoms with E-state index < -0.39 is 0 Å². The Morgan fingerprint density at radius 1 is 1.20 bits per heavy atom. The van der Waals surface area contributed by atoms with Gasteiger partial charge in [0, 0.05) is 19.2 Å². The van der Waals surface area contributed by atoms with Crippen molar-refractivity contribution in [2.45, 2.75) is 25.9 Å². The van der Waals surface area contributed by atoms with Crippen molar-refractivity contribution in [2.75, 3.05) is 6.61 Å². The summed E-state index contributed by atoms with van der Waals surface area (Å²) in [6, 6.07) is 14.0. The first-order valence-electron chi connectivity index (χ1n) is 6.82. The third-order valence-electron chi connectivity index (χ3n) is 3.21. The van der Waals surface area contributed by atoms with Crippen LogP contribution in [0.2, 0.25) is 0 Å². The lowest BCUT2D eigenvalue weighted by atomic mass is 10.1. The molecule has 4 nitrogen and oxygen atoms in total. The predicted molar refractivity (Wildman–Crippen MR) is 80.5 cm³/mol. The van der Waals surface area contributed by atoms with Gasteiger partial charge in [0.2, 0.25) is 0 Å². The molecule has 0 saturated carbocycles. The third kappa shape index (κ3) is 3.96. The van der Waals surface area contributed by atoms with E-state index in [1.165, 1.54) is 10.8 Å². The molecule has 0 bridgehead atoms. The van der Waals surface area contributed by atoms with Crippen LogP contribution in [0.25, 0.3) is 10.8 Å². The van der Waals surface area contributed by atoms with Gasteiger partial charge in [0.25, 0.3) is 0 Å². The van der Waals surface area contributed by atoms with Crippen LogP contribution in [0.1, 0.15) is 18.9 Å². The zero-order valence-corrected chi connectivity index (χ0v) is 11.6. The Morgan fingerprint density at radius 3 is 2.70 bits per heavy atom. The summed E-state index contributed by atoms with van der Waals surface area (Å²) in [5.74, 6) is 0. The van der Waals surface area contributed by atoms with Crippen LogP contribution in [-0.4, -0.2) is 23.8 Å². The zero-order valence-electron chi connectivity index (χ0n) is 11.6. The maximum absolute atomic E-state index is 11.7. The highest BCUT2D eigenvalue weighted by Crippen LogP contribution is 2.15. The summed E-state index contributed by atoms with van der Waals surface area (Å²) < 4.78 is 0. The van der Waals surface area contributed by atoms with Gasteiger partial charge < -0.3 is 15.7 Å². The van der Waals surface area contributed by atoms with E-state index in [9.17, 15) is 4.79 Å². The summed E-state index contributed by atoms with van der Waals surface area (Å²) in [6.07, 6.45) is 0.559. The van der Waals surface area contributed by atoms with Crippen molar-refractivity contribution in [3.63, 3.8) is 0 Å². The molecule has 0 heterocycles. The number of urea groups is 1. The quantitative estimate of drug-likeness (QED) is 0.782. The smallest absolute Gasteiger partial charge is 0.315 e. The zero-order chi connectivity index (χ0) is 14.4. The molecular formula is C16H20N2O2. The van der Waals surface area contributed by atoms with Gasteiger partial charge in [0.05, 0.1) is 0 Å². The molecule has 0 spiro atoms. The fourth-order valence-corrected chi connectivity index (χ4v) is 2.07. The average Bonchev–Trinajstić information content (AvgIpc) is 2.45. The summed E-state index contributed by atoms with van der Waals surface area (Å²) in [4.78, 5) is 11.7. The van der Waals surface area contributed by atoms with Gasteiger partial charge in [-0.2, -0.15) is 0 Å². The number of aliphatic hydroxyl groups is 1. The molecule has 0 aliphatic carbocycles. The lowest BCUT2D eigenvalue weighted by molar-refractivity contribution is 0.230. The van der Waals surface area contributed by atoms with Crippen molar-refractivity contribution >= 4 is 16.8 Å². The average molecular weight is 272 g/mol. The molecule has 3 N–H and O–H groups in total. The fourth-order valence-electron chi connectivity index (χ4n) is 2.07. The topological polar surface area (TPSA) is 61.4 Å². The van der Waals surface area contributed by atoms with Gasteiger partial charge in [-0.3, -0.25) is 0 Å². The molecule has 2 amide bonds. The number of benzene rings is 2. The second kappa shape index (κ2) is 6.91. The van der Waals surface area contributed by atoms with Crippen molar-refractivity contribution in [1.82, 2.24) is 10.6 Å². The van der Waals surface area contributed by atoms with Gasteiger partial charge in [0.1, 0.15) is 0 Å². The number of hydrogen-bond donors (Lipinski definition) is 3. The van der Waals surface area contributed by atoms with Crippen molar-refractivity contribution in [1.29, 1.82) is 0 Å². The Kier molecular flexibility index (Phi) is 4.96. The van der Waals surface area contributed by atoms with E-state index >= 15 is 0 Å². The maximum atomic E-state index is 11.7. The van der Waals surface area contributed by atoms with Crippen LogP contribution in [0.15, 0.2) is 42.5 Å². The maximum Gasteiger partial charge on any atom is 0.315 e. The van der Waals surface area contributed by atoms with E-state index in [4.69, 9.17) is 5.11 Å². The summed E-state index contributed by atoms with van der Waals surface area (Å²) >= 11 is 0. The second-order valence-electron chi connectivity index (χ2n) is 4.92. The van der Waals surface area contributed by atoms with E-state index in [1.54, 1.807) is 0 Å². The van der Waals surface area contributed by atoms with Crippen LogP contribution in [0.3, 0.4) is 0 Å². The summed E-state index contributed by atoms with van der Waals surface area (Å²) in [6.45, 7) is 2.43. The lowest BCUT2D eigenvalue weighted by Gasteiger charge is -2.13. The number of carbonyl (C=O) groups is 1. The first-order chi connectivity index (χ1) is 9.69. The Hall–Kier alpha value is -2.07. The number of hydrogen-bond acceptors (Lipinski definition) is 2. The molecule has 0 aliphatic rings. The number of amides is 2. The lowest BCUT2D eigenvalue weighted by Crippen LogP contribution is -2.40. The molecule has 0 unspecified atom stereocenters. The number of rotatable bonds is 5. The number of fused-ring (bicyclic) bond motifs is 1. The Labute approximate surface area is 118 Å². The Bertz CT molecular complexity index is 583. The molecule has 4 heteroatoms. The van der Waals surface area contributed by atoms with Crippen LogP contribution < -0.4 is 10.6 Å². The van der Waals surface area contributed by atoms with Gasteiger partial charge in [-0.1, -0.05) is 36.4 Å². The van der Waals surface area contributed by atoms with E-state index in [2.05, 4.69) is 34.9 Å². The molecule has 0 aromatic heterocycles. The third-order valence-corrected chi connectivity index (χ3v) is 3.21. The Morgan fingerprint density at radius 2 is 1.95 bits per heavy atom. The largest absolute Gasteiger partial charge is 0.396 e. The molecule has 106 valence electrons. The normalized spacial score (nSPS) is 12.1. The highest BCUT2D eigenvalue weighted by atomic mass is 16.3. The molecule has 0 aliphatic heterocycles.